The molecule has 0 unspecified atom stereocenters. The molecular formula is C20H23F3O2. The fraction of sp³-hybridized carbons (Fsp3) is 0.650. The molecule has 2 fully saturated rings. The molecule has 3 aliphatic carbocycles. The van der Waals surface area contributed by atoms with Crippen molar-refractivity contribution in [1.82, 2.24) is 0 Å². The predicted octanol–water partition coefficient (Wildman–Crippen LogP) is 4.91. The second kappa shape index (κ2) is 5.49. The SMILES string of the molecule is COc1ccc2c(c1)CC[C@@H]1[C@@H]2CC[C@]2(C)C(=O)[C@H](C(F)(F)F)C[C@@H]12. The van der Waals surface area contributed by atoms with Crippen LogP contribution in [0, 0.1) is 23.2 Å². The molecule has 0 amide bonds. The summed E-state index contributed by atoms with van der Waals surface area (Å²) in [5.41, 5.74) is 1.70. The van der Waals surface area contributed by atoms with E-state index in [2.05, 4.69) is 12.1 Å². The first-order valence-corrected chi connectivity index (χ1v) is 9.03. The Morgan fingerprint density at radius 2 is 2.00 bits per heavy atom. The van der Waals surface area contributed by atoms with Crippen LogP contribution in [0.1, 0.15) is 49.7 Å². The Labute approximate surface area is 145 Å². The second-order valence-electron chi connectivity index (χ2n) is 8.13. The van der Waals surface area contributed by atoms with Gasteiger partial charge in [-0.05, 0) is 73.1 Å². The monoisotopic (exact) mass is 352 g/mol. The fourth-order valence-corrected chi connectivity index (χ4v) is 5.79. The molecule has 1 aromatic rings. The largest absolute Gasteiger partial charge is 0.497 e. The van der Waals surface area contributed by atoms with Gasteiger partial charge in [0.25, 0.3) is 0 Å². The van der Waals surface area contributed by atoms with E-state index in [1.165, 1.54) is 11.1 Å². The summed E-state index contributed by atoms with van der Waals surface area (Å²) in [6, 6.07) is 6.07. The molecule has 2 nitrogen and oxygen atoms in total. The summed E-state index contributed by atoms with van der Waals surface area (Å²) >= 11 is 0. The van der Waals surface area contributed by atoms with Crippen molar-refractivity contribution < 1.29 is 22.7 Å². The number of aryl methyl sites for hydroxylation is 1. The average molecular weight is 352 g/mol. The quantitative estimate of drug-likeness (QED) is 0.718. The van der Waals surface area contributed by atoms with Crippen LogP contribution in [0.25, 0.3) is 0 Å². The number of hydrogen-bond donors (Lipinski definition) is 0. The smallest absolute Gasteiger partial charge is 0.398 e. The number of methoxy groups -OCH3 is 1. The molecular weight excluding hydrogens is 329 g/mol. The Hall–Kier alpha value is -1.52. The molecule has 0 bridgehead atoms. The topological polar surface area (TPSA) is 26.3 Å². The highest BCUT2D eigenvalue weighted by molar-refractivity contribution is 5.90. The summed E-state index contributed by atoms with van der Waals surface area (Å²) in [4.78, 5) is 12.6. The first kappa shape index (κ1) is 16.9. The summed E-state index contributed by atoms with van der Waals surface area (Å²) in [6.07, 6.45) is -1.35. The summed E-state index contributed by atoms with van der Waals surface area (Å²) in [5, 5.41) is 0. The van der Waals surface area contributed by atoms with E-state index in [0.29, 0.717) is 6.42 Å². The van der Waals surface area contributed by atoms with Crippen LogP contribution in [0.15, 0.2) is 18.2 Å². The van der Waals surface area contributed by atoms with Crippen LogP contribution in [0.3, 0.4) is 0 Å². The summed E-state index contributed by atoms with van der Waals surface area (Å²) < 4.78 is 45.3. The zero-order chi connectivity index (χ0) is 18.0. The molecule has 1 aromatic carbocycles. The van der Waals surface area contributed by atoms with E-state index in [9.17, 15) is 18.0 Å². The maximum atomic E-state index is 13.3. The van der Waals surface area contributed by atoms with Crippen molar-refractivity contribution in [2.75, 3.05) is 7.11 Å². The van der Waals surface area contributed by atoms with E-state index in [1.54, 1.807) is 14.0 Å². The Kier molecular flexibility index (Phi) is 3.71. The minimum absolute atomic E-state index is 0.0223. The molecule has 4 rings (SSSR count). The van der Waals surface area contributed by atoms with E-state index in [-0.39, 0.29) is 24.2 Å². The lowest BCUT2D eigenvalue weighted by atomic mass is 9.55. The van der Waals surface area contributed by atoms with Crippen LogP contribution in [-0.2, 0) is 11.2 Å². The van der Waals surface area contributed by atoms with Crippen LogP contribution in [0.2, 0.25) is 0 Å². The molecule has 2 saturated carbocycles. The molecule has 0 radical (unpaired) electrons. The van der Waals surface area contributed by atoms with Crippen molar-refractivity contribution in [3.63, 3.8) is 0 Å². The van der Waals surface area contributed by atoms with Gasteiger partial charge in [-0.2, -0.15) is 13.2 Å². The number of alkyl halides is 3. The zero-order valence-electron chi connectivity index (χ0n) is 14.5. The highest BCUT2D eigenvalue weighted by atomic mass is 19.4. The van der Waals surface area contributed by atoms with Gasteiger partial charge in [0.05, 0.1) is 7.11 Å². The number of fused-ring (bicyclic) bond motifs is 5. The van der Waals surface area contributed by atoms with Gasteiger partial charge in [-0.3, -0.25) is 4.79 Å². The van der Waals surface area contributed by atoms with Crippen molar-refractivity contribution in [2.45, 2.75) is 51.1 Å². The summed E-state index contributed by atoms with van der Waals surface area (Å²) in [7, 11) is 1.64. The third-order valence-corrected chi connectivity index (χ3v) is 7.09. The minimum Gasteiger partial charge on any atom is -0.497 e. The first-order chi connectivity index (χ1) is 11.8. The highest BCUT2D eigenvalue weighted by Gasteiger charge is 2.63. The van der Waals surface area contributed by atoms with Gasteiger partial charge in [0.2, 0.25) is 0 Å². The van der Waals surface area contributed by atoms with Gasteiger partial charge in [0.1, 0.15) is 11.7 Å². The number of benzene rings is 1. The molecule has 5 atom stereocenters. The highest BCUT2D eigenvalue weighted by Crippen LogP contribution is 2.62. The maximum Gasteiger partial charge on any atom is 0.398 e. The summed E-state index contributed by atoms with van der Waals surface area (Å²) in [5.74, 6) is -1.21. The number of hydrogen-bond acceptors (Lipinski definition) is 2. The predicted molar refractivity (Wildman–Crippen MR) is 87.5 cm³/mol. The Morgan fingerprint density at radius 1 is 1.24 bits per heavy atom. The molecule has 5 heteroatoms. The number of carbonyl (C=O) groups excluding carboxylic acids is 1. The number of ether oxygens (including phenoxy) is 1. The third kappa shape index (κ3) is 2.42. The lowest BCUT2D eigenvalue weighted by Crippen LogP contribution is -2.43. The minimum atomic E-state index is -4.41. The molecule has 0 saturated heterocycles. The number of ketones is 1. The third-order valence-electron chi connectivity index (χ3n) is 7.09. The van der Waals surface area contributed by atoms with E-state index in [1.807, 2.05) is 6.07 Å². The van der Waals surface area contributed by atoms with E-state index in [4.69, 9.17) is 4.74 Å². The second-order valence-corrected chi connectivity index (χ2v) is 8.13. The van der Waals surface area contributed by atoms with E-state index in [0.717, 1.165) is 25.0 Å². The van der Waals surface area contributed by atoms with Crippen molar-refractivity contribution in [3.8, 4) is 5.75 Å². The standard InChI is InChI=1S/C20H23F3O2/c1-19-8-7-14-13-6-4-12(25-2)9-11(13)3-5-15(14)16(19)10-17(18(19)24)20(21,22)23/h4,6,9,14-17H,3,5,7-8,10H2,1-2H3/t14-,15-,16+,17-,19+/m1/s1. The molecule has 25 heavy (non-hydrogen) atoms. The van der Waals surface area contributed by atoms with Gasteiger partial charge in [-0.25, -0.2) is 0 Å². The fourth-order valence-electron chi connectivity index (χ4n) is 5.79. The Bertz CT molecular complexity index is 711. The molecule has 0 N–H and O–H groups in total. The lowest BCUT2D eigenvalue weighted by molar-refractivity contribution is -0.180. The molecule has 0 spiro atoms. The van der Waals surface area contributed by atoms with E-state index < -0.39 is 23.3 Å². The van der Waals surface area contributed by atoms with Crippen molar-refractivity contribution in [2.24, 2.45) is 23.2 Å². The number of carbonyl (C=O) groups is 1. The Morgan fingerprint density at radius 3 is 2.68 bits per heavy atom. The van der Waals surface area contributed by atoms with Crippen LogP contribution in [-0.4, -0.2) is 19.1 Å². The van der Waals surface area contributed by atoms with Crippen LogP contribution in [0.5, 0.6) is 5.75 Å². The van der Waals surface area contributed by atoms with Gasteiger partial charge >= 0.3 is 6.18 Å². The zero-order valence-corrected chi connectivity index (χ0v) is 14.5. The van der Waals surface area contributed by atoms with Crippen LogP contribution < -0.4 is 4.74 Å². The van der Waals surface area contributed by atoms with Gasteiger partial charge in [0.15, 0.2) is 5.78 Å². The van der Waals surface area contributed by atoms with Gasteiger partial charge in [-0.15, -0.1) is 0 Å². The lowest BCUT2D eigenvalue weighted by Gasteiger charge is -2.48. The average Bonchev–Trinajstić information content (AvgIpc) is 2.86. The normalized spacial score (nSPS) is 37.2. The van der Waals surface area contributed by atoms with Crippen LogP contribution >= 0.6 is 0 Å². The Balaban J connectivity index is 1.68. The molecule has 0 aromatic heterocycles. The molecule has 0 aliphatic heterocycles. The summed E-state index contributed by atoms with van der Waals surface area (Å²) in [6.45, 7) is 1.78. The maximum absolute atomic E-state index is 13.3. The van der Waals surface area contributed by atoms with Gasteiger partial charge in [0, 0.05) is 5.41 Å². The number of rotatable bonds is 1. The number of halogens is 3. The molecule has 3 aliphatic rings. The van der Waals surface area contributed by atoms with E-state index >= 15 is 0 Å². The van der Waals surface area contributed by atoms with Gasteiger partial charge < -0.3 is 4.74 Å². The molecule has 136 valence electrons. The molecule has 0 heterocycles. The van der Waals surface area contributed by atoms with Crippen molar-refractivity contribution in [1.29, 1.82) is 0 Å². The van der Waals surface area contributed by atoms with Crippen molar-refractivity contribution in [3.05, 3.63) is 29.3 Å². The van der Waals surface area contributed by atoms with Gasteiger partial charge in [-0.1, -0.05) is 13.0 Å². The van der Waals surface area contributed by atoms with Crippen molar-refractivity contribution >= 4 is 5.78 Å². The van der Waals surface area contributed by atoms with Crippen LogP contribution in [0.4, 0.5) is 13.2 Å². The first-order valence-electron chi connectivity index (χ1n) is 9.03. The number of Topliss-reactive ketones (excluding diaryl/α,β-unsaturated/α-hetero) is 1.